The summed E-state index contributed by atoms with van der Waals surface area (Å²) in [6.45, 7) is 2.36. The van der Waals surface area contributed by atoms with Crippen LogP contribution in [0.1, 0.15) is 58.3 Å². The molecule has 0 bridgehead atoms. The minimum atomic E-state index is -2.06. The van der Waals surface area contributed by atoms with Crippen molar-refractivity contribution in [1.29, 1.82) is 0 Å². The fourth-order valence-electron chi connectivity index (χ4n) is 1.59. The Balaban J connectivity index is 3.30. The van der Waals surface area contributed by atoms with E-state index < -0.39 is 18.0 Å². The van der Waals surface area contributed by atoms with E-state index in [2.05, 4.69) is 11.7 Å². The zero-order chi connectivity index (χ0) is 13.8. The van der Waals surface area contributed by atoms with Gasteiger partial charge in [0.2, 0.25) is 6.10 Å². The highest BCUT2D eigenvalue weighted by Gasteiger charge is 2.24. The van der Waals surface area contributed by atoms with Crippen molar-refractivity contribution >= 4 is 11.9 Å². The molecule has 0 fully saturated rings. The largest absolute Gasteiger partial charge is 0.479 e. The Morgan fingerprint density at radius 3 is 2.00 bits per heavy atom. The molecule has 0 saturated carbocycles. The summed E-state index contributed by atoms with van der Waals surface area (Å²) in [5, 5.41) is 17.2. The van der Waals surface area contributed by atoms with Crippen molar-refractivity contribution < 1.29 is 24.5 Å². The van der Waals surface area contributed by atoms with Gasteiger partial charge in [0.15, 0.2) is 0 Å². The van der Waals surface area contributed by atoms with Crippen LogP contribution in [0.4, 0.5) is 0 Å². The lowest BCUT2D eigenvalue weighted by molar-refractivity contribution is -0.165. The van der Waals surface area contributed by atoms with E-state index in [1.807, 2.05) is 0 Å². The highest BCUT2D eigenvalue weighted by molar-refractivity contribution is 5.96. The SMILES string of the molecule is CCCCCCCCCCOC(=O)C(O)C(=O)O. The maximum absolute atomic E-state index is 10.9. The van der Waals surface area contributed by atoms with E-state index in [0.29, 0.717) is 6.42 Å². The Hall–Kier alpha value is -1.10. The first-order chi connectivity index (χ1) is 8.59. The van der Waals surface area contributed by atoms with Gasteiger partial charge in [0.1, 0.15) is 0 Å². The predicted octanol–water partition coefficient (Wildman–Crippen LogP) is 2.12. The Labute approximate surface area is 108 Å². The molecule has 18 heavy (non-hydrogen) atoms. The van der Waals surface area contributed by atoms with Crippen LogP contribution in [0, 0.1) is 0 Å². The van der Waals surface area contributed by atoms with Crippen LogP contribution < -0.4 is 0 Å². The first-order valence-corrected chi connectivity index (χ1v) is 6.67. The van der Waals surface area contributed by atoms with Gasteiger partial charge in [-0.25, -0.2) is 9.59 Å². The second-order valence-corrected chi connectivity index (χ2v) is 4.38. The maximum atomic E-state index is 10.9. The van der Waals surface area contributed by atoms with Crippen molar-refractivity contribution in [2.45, 2.75) is 64.4 Å². The summed E-state index contributed by atoms with van der Waals surface area (Å²) in [5.41, 5.74) is 0. The number of rotatable bonds is 11. The summed E-state index contributed by atoms with van der Waals surface area (Å²) in [7, 11) is 0. The van der Waals surface area contributed by atoms with Crippen molar-refractivity contribution in [1.82, 2.24) is 0 Å². The molecule has 0 aromatic rings. The molecule has 0 heterocycles. The number of aliphatic hydroxyl groups excluding tert-OH is 1. The maximum Gasteiger partial charge on any atom is 0.346 e. The minimum absolute atomic E-state index is 0.179. The van der Waals surface area contributed by atoms with Gasteiger partial charge in [0, 0.05) is 0 Å². The van der Waals surface area contributed by atoms with E-state index in [4.69, 9.17) is 10.2 Å². The van der Waals surface area contributed by atoms with E-state index in [1.165, 1.54) is 32.1 Å². The molecule has 0 rings (SSSR count). The second kappa shape index (κ2) is 11.0. The number of carbonyl (C=O) groups excluding carboxylic acids is 1. The molecule has 5 nitrogen and oxygen atoms in total. The van der Waals surface area contributed by atoms with E-state index in [1.54, 1.807) is 0 Å². The molecule has 0 amide bonds. The number of carboxylic acid groups (broad SMARTS) is 1. The van der Waals surface area contributed by atoms with Gasteiger partial charge in [0.25, 0.3) is 0 Å². The zero-order valence-electron chi connectivity index (χ0n) is 11.1. The Bertz CT molecular complexity index is 240. The zero-order valence-corrected chi connectivity index (χ0v) is 11.1. The molecule has 0 aromatic heterocycles. The van der Waals surface area contributed by atoms with Gasteiger partial charge in [0.05, 0.1) is 6.61 Å². The number of esters is 1. The van der Waals surface area contributed by atoms with Crippen LogP contribution in [0.2, 0.25) is 0 Å². The summed E-state index contributed by atoms with van der Waals surface area (Å²) >= 11 is 0. The standard InChI is InChI=1S/C13H24O5/c1-2-3-4-5-6-7-8-9-10-18-13(17)11(14)12(15)16/h11,14H,2-10H2,1H3,(H,15,16). The fourth-order valence-corrected chi connectivity index (χ4v) is 1.59. The lowest BCUT2D eigenvalue weighted by atomic mass is 10.1. The molecule has 0 spiro atoms. The van der Waals surface area contributed by atoms with E-state index in [-0.39, 0.29) is 6.61 Å². The highest BCUT2D eigenvalue weighted by Crippen LogP contribution is 2.08. The molecule has 2 N–H and O–H groups in total. The molecule has 106 valence electrons. The number of aliphatic hydroxyl groups is 1. The second-order valence-electron chi connectivity index (χ2n) is 4.38. The average molecular weight is 260 g/mol. The number of hydrogen-bond acceptors (Lipinski definition) is 4. The van der Waals surface area contributed by atoms with Gasteiger partial charge < -0.3 is 14.9 Å². The quantitative estimate of drug-likeness (QED) is 0.338. The van der Waals surface area contributed by atoms with Gasteiger partial charge in [-0.15, -0.1) is 0 Å². The third-order valence-corrected chi connectivity index (χ3v) is 2.70. The Kier molecular flexibility index (Phi) is 10.3. The monoisotopic (exact) mass is 260 g/mol. The number of aliphatic carboxylic acids is 1. The molecule has 0 aromatic carbocycles. The fraction of sp³-hybridized carbons (Fsp3) is 0.846. The molecule has 0 aliphatic heterocycles. The smallest absolute Gasteiger partial charge is 0.346 e. The molecular weight excluding hydrogens is 236 g/mol. The molecule has 0 radical (unpaired) electrons. The molecule has 0 aliphatic carbocycles. The van der Waals surface area contributed by atoms with E-state index in [0.717, 1.165) is 12.8 Å². The molecule has 1 unspecified atom stereocenters. The predicted molar refractivity (Wildman–Crippen MR) is 67.2 cm³/mol. The first kappa shape index (κ1) is 16.9. The van der Waals surface area contributed by atoms with Crippen LogP contribution in [0.15, 0.2) is 0 Å². The Morgan fingerprint density at radius 2 is 1.50 bits per heavy atom. The Morgan fingerprint density at radius 1 is 1.00 bits per heavy atom. The lowest BCUT2D eigenvalue weighted by Crippen LogP contribution is -2.31. The van der Waals surface area contributed by atoms with E-state index in [9.17, 15) is 9.59 Å². The van der Waals surface area contributed by atoms with Crippen LogP contribution >= 0.6 is 0 Å². The molecule has 1 atom stereocenters. The third-order valence-electron chi connectivity index (χ3n) is 2.70. The number of unbranched alkanes of at least 4 members (excludes halogenated alkanes) is 7. The summed E-state index contributed by atoms with van der Waals surface area (Å²) in [4.78, 5) is 21.2. The number of carbonyl (C=O) groups is 2. The van der Waals surface area contributed by atoms with Crippen LogP contribution in [0.3, 0.4) is 0 Å². The molecule has 5 heteroatoms. The molecular formula is C13H24O5. The van der Waals surface area contributed by atoms with E-state index >= 15 is 0 Å². The number of carboxylic acids is 1. The minimum Gasteiger partial charge on any atom is -0.479 e. The van der Waals surface area contributed by atoms with Crippen molar-refractivity contribution in [2.75, 3.05) is 6.61 Å². The van der Waals surface area contributed by atoms with Crippen molar-refractivity contribution in [3.63, 3.8) is 0 Å². The normalized spacial score (nSPS) is 12.1. The van der Waals surface area contributed by atoms with Crippen LogP contribution in [-0.4, -0.2) is 34.9 Å². The highest BCUT2D eigenvalue weighted by atomic mass is 16.6. The van der Waals surface area contributed by atoms with Crippen molar-refractivity contribution in [3.8, 4) is 0 Å². The van der Waals surface area contributed by atoms with Gasteiger partial charge in [-0.2, -0.15) is 0 Å². The summed E-state index contributed by atoms with van der Waals surface area (Å²) in [5.74, 6) is -2.65. The van der Waals surface area contributed by atoms with Crippen molar-refractivity contribution in [2.24, 2.45) is 0 Å². The van der Waals surface area contributed by atoms with Gasteiger partial charge in [-0.3, -0.25) is 0 Å². The molecule has 0 saturated heterocycles. The topological polar surface area (TPSA) is 83.8 Å². The van der Waals surface area contributed by atoms with Gasteiger partial charge >= 0.3 is 11.9 Å². The molecule has 0 aliphatic rings. The van der Waals surface area contributed by atoms with Gasteiger partial charge in [-0.05, 0) is 6.42 Å². The summed E-state index contributed by atoms with van der Waals surface area (Å²) in [6.07, 6.45) is 6.94. The van der Waals surface area contributed by atoms with Crippen LogP contribution in [0.25, 0.3) is 0 Å². The van der Waals surface area contributed by atoms with Crippen LogP contribution in [-0.2, 0) is 14.3 Å². The summed E-state index contributed by atoms with van der Waals surface area (Å²) < 4.78 is 4.64. The number of hydrogen-bond donors (Lipinski definition) is 2. The van der Waals surface area contributed by atoms with Crippen molar-refractivity contribution in [3.05, 3.63) is 0 Å². The van der Waals surface area contributed by atoms with Gasteiger partial charge in [-0.1, -0.05) is 51.9 Å². The number of ether oxygens (including phenoxy) is 1. The third kappa shape index (κ3) is 8.98. The first-order valence-electron chi connectivity index (χ1n) is 6.67. The average Bonchev–Trinajstić information content (AvgIpc) is 2.35. The lowest BCUT2D eigenvalue weighted by Gasteiger charge is -2.06. The van der Waals surface area contributed by atoms with Crippen LogP contribution in [0.5, 0.6) is 0 Å². The summed E-state index contributed by atoms with van der Waals surface area (Å²) in [6, 6.07) is 0.